The molecular formula is C14H12O. The van der Waals surface area contributed by atoms with Gasteiger partial charge in [0.05, 0.1) is 0 Å². The zero-order valence-corrected chi connectivity index (χ0v) is 8.39. The van der Waals surface area contributed by atoms with Crippen LogP contribution in [0.15, 0.2) is 48.1 Å². The summed E-state index contributed by atoms with van der Waals surface area (Å²) < 4.78 is 0. The Morgan fingerprint density at radius 2 is 2.00 bits per heavy atom. The number of fused-ring (bicyclic) bond motifs is 1. The maximum Gasteiger partial charge on any atom is 0.163 e. The maximum atomic E-state index is 11.7. The summed E-state index contributed by atoms with van der Waals surface area (Å²) in [6.45, 7) is 0. The molecular weight excluding hydrogens is 184 g/mol. The Labute approximate surface area is 89.1 Å². The van der Waals surface area contributed by atoms with Crippen LogP contribution < -0.4 is 0 Å². The maximum absolute atomic E-state index is 11.7. The molecule has 0 bridgehead atoms. The molecule has 1 aromatic carbocycles. The molecule has 0 saturated heterocycles. The van der Waals surface area contributed by atoms with Crippen LogP contribution in [-0.2, 0) is 4.79 Å². The van der Waals surface area contributed by atoms with Crippen LogP contribution in [0.4, 0.5) is 0 Å². The second-order valence-corrected chi connectivity index (χ2v) is 4.17. The zero-order valence-electron chi connectivity index (χ0n) is 8.39. The predicted octanol–water partition coefficient (Wildman–Crippen LogP) is 2.85. The van der Waals surface area contributed by atoms with Crippen LogP contribution in [0.25, 0.3) is 6.08 Å². The lowest BCUT2D eigenvalue weighted by Crippen LogP contribution is -2.36. The third-order valence-corrected chi connectivity index (χ3v) is 3.27. The lowest BCUT2D eigenvalue weighted by atomic mass is 9.69. The molecule has 15 heavy (non-hydrogen) atoms. The predicted molar refractivity (Wildman–Crippen MR) is 60.2 cm³/mol. The number of ketones is 1. The van der Waals surface area contributed by atoms with E-state index in [9.17, 15) is 4.79 Å². The molecule has 2 aliphatic carbocycles. The van der Waals surface area contributed by atoms with Crippen molar-refractivity contribution in [1.82, 2.24) is 0 Å². The number of carbonyl (C=O) groups is 1. The van der Waals surface area contributed by atoms with Crippen LogP contribution >= 0.6 is 0 Å². The van der Waals surface area contributed by atoms with E-state index >= 15 is 0 Å². The van der Waals surface area contributed by atoms with Gasteiger partial charge < -0.3 is 0 Å². The fourth-order valence-corrected chi connectivity index (χ4v) is 2.42. The van der Waals surface area contributed by atoms with E-state index in [4.69, 9.17) is 0 Å². The van der Waals surface area contributed by atoms with Crippen molar-refractivity contribution in [2.24, 2.45) is 11.8 Å². The van der Waals surface area contributed by atoms with E-state index in [1.165, 1.54) is 0 Å². The Morgan fingerprint density at radius 1 is 1.20 bits per heavy atom. The second-order valence-electron chi connectivity index (χ2n) is 4.17. The lowest BCUT2D eigenvalue weighted by molar-refractivity contribution is -0.124. The molecule has 74 valence electrons. The smallest absolute Gasteiger partial charge is 0.163 e. The van der Waals surface area contributed by atoms with Gasteiger partial charge in [0.15, 0.2) is 5.78 Å². The summed E-state index contributed by atoms with van der Waals surface area (Å²) in [4.78, 5) is 11.7. The summed E-state index contributed by atoms with van der Waals surface area (Å²) in [5.74, 6) is 1.01. The Morgan fingerprint density at radius 3 is 2.80 bits per heavy atom. The van der Waals surface area contributed by atoms with E-state index in [0.29, 0.717) is 11.7 Å². The summed E-state index contributed by atoms with van der Waals surface area (Å²) in [5.41, 5.74) is 2.11. The summed E-state index contributed by atoms with van der Waals surface area (Å²) >= 11 is 0. The monoisotopic (exact) mass is 196 g/mol. The number of hydrogen-bond donors (Lipinski definition) is 0. The van der Waals surface area contributed by atoms with Crippen LogP contribution in [0, 0.1) is 11.8 Å². The van der Waals surface area contributed by atoms with Crippen LogP contribution in [-0.4, -0.2) is 5.78 Å². The van der Waals surface area contributed by atoms with Gasteiger partial charge in [0.25, 0.3) is 0 Å². The van der Waals surface area contributed by atoms with E-state index in [-0.39, 0.29) is 5.92 Å². The molecule has 0 aromatic heterocycles. The molecule has 1 heteroatoms. The number of hydrogen-bond acceptors (Lipinski definition) is 1. The summed E-state index contributed by atoms with van der Waals surface area (Å²) in [6, 6.07) is 10.1. The quantitative estimate of drug-likeness (QED) is 0.498. The van der Waals surface area contributed by atoms with Gasteiger partial charge in [-0.1, -0.05) is 42.5 Å². The van der Waals surface area contributed by atoms with Crippen molar-refractivity contribution in [3.05, 3.63) is 53.6 Å². The number of benzene rings is 1. The first-order valence-corrected chi connectivity index (χ1v) is 5.34. The van der Waals surface area contributed by atoms with Crippen molar-refractivity contribution in [3.63, 3.8) is 0 Å². The van der Waals surface area contributed by atoms with Crippen LogP contribution in [0.5, 0.6) is 0 Å². The van der Waals surface area contributed by atoms with Crippen LogP contribution in [0.3, 0.4) is 0 Å². The molecule has 0 heterocycles. The highest BCUT2D eigenvalue weighted by Crippen LogP contribution is 2.44. The molecule has 0 radical (unpaired) electrons. The molecule has 0 aliphatic heterocycles. The minimum Gasteiger partial charge on any atom is -0.294 e. The van der Waals surface area contributed by atoms with Crippen molar-refractivity contribution >= 4 is 11.9 Å². The van der Waals surface area contributed by atoms with Gasteiger partial charge in [-0.15, -0.1) is 0 Å². The molecule has 3 rings (SSSR count). The highest BCUT2D eigenvalue weighted by Gasteiger charge is 2.44. The Bertz CT molecular complexity index is 453. The normalized spacial score (nSPS) is 30.4. The lowest BCUT2D eigenvalue weighted by Gasteiger charge is -2.31. The van der Waals surface area contributed by atoms with E-state index < -0.39 is 0 Å². The first-order valence-electron chi connectivity index (χ1n) is 5.34. The summed E-state index contributed by atoms with van der Waals surface area (Å²) in [7, 11) is 0. The minimum atomic E-state index is 0.264. The molecule has 0 spiro atoms. The average Bonchev–Trinajstić information content (AvgIpc) is 2.72. The van der Waals surface area contributed by atoms with E-state index in [2.05, 4.69) is 12.2 Å². The molecule has 1 aromatic rings. The van der Waals surface area contributed by atoms with Gasteiger partial charge in [-0.25, -0.2) is 0 Å². The van der Waals surface area contributed by atoms with Crippen LogP contribution in [0.2, 0.25) is 0 Å². The average molecular weight is 196 g/mol. The molecule has 0 amide bonds. The highest BCUT2D eigenvalue weighted by atomic mass is 16.1. The Kier molecular flexibility index (Phi) is 1.84. The van der Waals surface area contributed by atoms with Crippen molar-refractivity contribution in [1.29, 1.82) is 0 Å². The molecule has 1 saturated carbocycles. The molecule has 0 unspecified atom stereocenters. The molecule has 1 nitrogen and oxygen atoms in total. The number of allylic oxidation sites excluding steroid dienone is 3. The highest BCUT2D eigenvalue weighted by molar-refractivity contribution is 6.09. The second kappa shape index (κ2) is 3.20. The molecule has 2 aliphatic rings. The van der Waals surface area contributed by atoms with E-state index in [1.807, 2.05) is 36.4 Å². The summed E-state index contributed by atoms with van der Waals surface area (Å²) in [5, 5.41) is 0. The number of carbonyl (C=O) groups excluding carboxylic acids is 1. The van der Waals surface area contributed by atoms with Crippen molar-refractivity contribution in [2.75, 3.05) is 0 Å². The van der Waals surface area contributed by atoms with Gasteiger partial charge in [-0.2, -0.15) is 0 Å². The first kappa shape index (κ1) is 8.66. The molecule has 0 N–H and O–H groups in total. The minimum absolute atomic E-state index is 0.264. The van der Waals surface area contributed by atoms with Gasteiger partial charge in [0, 0.05) is 17.4 Å². The number of Topliss-reactive ketones (excluding diaryl/α,β-unsaturated/α-hetero) is 1. The van der Waals surface area contributed by atoms with Gasteiger partial charge in [-0.05, 0) is 18.1 Å². The van der Waals surface area contributed by atoms with E-state index in [1.54, 1.807) is 0 Å². The van der Waals surface area contributed by atoms with Gasteiger partial charge in [-0.3, -0.25) is 4.79 Å². The Balaban J connectivity index is 1.92. The molecule has 2 atom stereocenters. The van der Waals surface area contributed by atoms with Gasteiger partial charge >= 0.3 is 0 Å². The van der Waals surface area contributed by atoms with Crippen molar-refractivity contribution in [2.45, 2.75) is 6.42 Å². The fourth-order valence-electron chi connectivity index (χ4n) is 2.42. The summed E-state index contributed by atoms with van der Waals surface area (Å²) in [6.07, 6.45) is 7.26. The van der Waals surface area contributed by atoms with Gasteiger partial charge in [0.2, 0.25) is 0 Å². The number of rotatable bonds is 1. The Hall–Kier alpha value is -1.63. The van der Waals surface area contributed by atoms with Crippen molar-refractivity contribution in [3.8, 4) is 0 Å². The molecule has 1 fully saturated rings. The van der Waals surface area contributed by atoms with Crippen molar-refractivity contribution < 1.29 is 4.79 Å². The zero-order chi connectivity index (χ0) is 10.3. The SMILES string of the molecule is O=C1/C(=C\c2ccccc2)[C@@H]2C=CC[C@H]12. The van der Waals surface area contributed by atoms with Crippen LogP contribution in [0.1, 0.15) is 12.0 Å². The first-order chi connectivity index (χ1) is 7.36. The standard InChI is InChI=1S/C14H12O/c15-14-12-8-4-7-11(12)13(14)9-10-5-2-1-3-6-10/h1-7,9,11-12H,8H2/b13-9-/t11-,12+/m1/s1. The van der Waals surface area contributed by atoms with Gasteiger partial charge in [0.1, 0.15) is 0 Å². The van der Waals surface area contributed by atoms with E-state index in [0.717, 1.165) is 17.6 Å². The topological polar surface area (TPSA) is 17.1 Å². The third kappa shape index (κ3) is 1.27. The largest absolute Gasteiger partial charge is 0.294 e. The fraction of sp³-hybridized carbons (Fsp3) is 0.214. The third-order valence-electron chi connectivity index (χ3n) is 3.27.